The molecule has 0 bridgehead atoms. The zero-order chi connectivity index (χ0) is 19.1. The Hall–Kier alpha value is -2.71. The van der Waals surface area contributed by atoms with E-state index in [1.54, 1.807) is 38.1 Å². The molecule has 1 heterocycles. The molecule has 2 aromatic carbocycles. The lowest BCUT2D eigenvalue weighted by Crippen LogP contribution is -2.20. The molecule has 3 rings (SSSR count). The number of aromatic carboxylic acids is 1. The highest BCUT2D eigenvalue weighted by atomic mass is 32.2. The first-order chi connectivity index (χ1) is 12.5. The van der Waals surface area contributed by atoms with Crippen molar-refractivity contribution in [1.29, 1.82) is 0 Å². The summed E-state index contributed by atoms with van der Waals surface area (Å²) in [4.78, 5) is 21.7. The smallest absolute Gasteiger partial charge is 0.335 e. The molecular formula is C18H20N2O5S. The fourth-order valence-electron chi connectivity index (χ4n) is 2.32. The summed E-state index contributed by atoms with van der Waals surface area (Å²) in [5.41, 5.74) is 7.60. The van der Waals surface area contributed by atoms with E-state index in [0.29, 0.717) is 5.75 Å². The molecule has 0 radical (unpaired) electrons. The fourth-order valence-corrected chi connectivity index (χ4v) is 3.20. The Morgan fingerprint density at radius 2 is 1.96 bits per heavy atom. The number of carbonyl (C=O) groups is 2. The van der Waals surface area contributed by atoms with Crippen molar-refractivity contribution in [2.24, 2.45) is 5.73 Å². The molecule has 2 aromatic rings. The Balaban J connectivity index is 0.000000190. The zero-order valence-corrected chi connectivity index (χ0v) is 15.2. The summed E-state index contributed by atoms with van der Waals surface area (Å²) in [7, 11) is 3.24. The Morgan fingerprint density at radius 1 is 1.27 bits per heavy atom. The fraction of sp³-hybridized carbons (Fsp3) is 0.222. The van der Waals surface area contributed by atoms with E-state index >= 15 is 0 Å². The third-order valence-electron chi connectivity index (χ3n) is 3.53. The molecule has 1 unspecified atom stereocenters. The number of nitrogens with two attached hydrogens (primary N) is 1. The molecule has 138 valence electrons. The van der Waals surface area contributed by atoms with Gasteiger partial charge in [0.25, 0.3) is 0 Å². The van der Waals surface area contributed by atoms with Gasteiger partial charge in [-0.25, -0.2) is 4.79 Å². The van der Waals surface area contributed by atoms with Crippen LogP contribution in [0.2, 0.25) is 0 Å². The molecule has 0 amide bonds. The maximum Gasteiger partial charge on any atom is 0.335 e. The molecule has 8 heteroatoms. The van der Waals surface area contributed by atoms with Crippen LogP contribution in [-0.4, -0.2) is 37.1 Å². The number of aldehydes is 1. The topological polar surface area (TPSA) is 111 Å². The number of anilines is 1. The number of ether oxygens (including phenoxy) is 2. The standard InChI is InChI=1S/C9H12N2O2S.C9H8O3/c1-12-6-3-5-8(4-7(6)13-2)14-9(10)11-5;10-5-4-7-2-1-3-8(6-7)9(11)12/h3-4,9,11H,10H2,1-2H3;1-3,5-6H,4H2,(H,11,12). The molecule has 0 spiro atoms. The van der Waals surface area contributed by atoms with Crippen LogP contribution < -0.4 is 20.5 Å². The largest absolute Gasteiger partial charge is 0.493 e. The maximum absolute atomic E-state index is 10.5. The lowest BCUT2D eigenvalue weighted by atomic mass is 10.1. The van der Waals surface area contributed by atoms with Gasteiger partial charge >= 0.3 is 5.97 Å². The van der Waals surface area contributed by atoms with Gasteiger partial charge in [0.15, 0.2) is 11.5 Å². The van der Waals surface area contributed by atoms with Crippen molar-refractivity contribution >= 4 is 29.7 Å². The number of rotatable bonds is 5. The number of carboxylic acid groups (broad SMARTS) is 1. The van der Waals surface area contributed by atoms with Crippen molar-refractivity contribution < 1.29 is 24.2 Å². The van der Waals surface area contributed by atoms with Gasteiger partial charge in [-0.05, 0) is 23.8 Å². The molecule has 0 aromatic heterocycles. The van der Waals surface area contributed by atoms with Crippen molar-refractivity contribution in [1.82, 2.24) is 0 Å². The van der Waals surface area contributed by atoms with E-state index in [4.69, 9.17) is 20.3 Å². The monoisotopic (exact) mass is 376 g/mol. The predicted molar refractivity (Wildman–Crippen MR) is 100 cm³/mol. The molecule has 1 aliphatic rings. The summed E-state index contributed by atoms with van der Waals surface area (Å²) in [6.07, 6.45) is 1.02. The van der Waals surface area contributed by atoms with Gasteiger partial charge in [0.1, 0.15) is 11.8 Å². The summed E-state index contributed by atoms with van der Waals surface area (Å²) < 4.78 is 10.4. The number of benzene rings is 2. The molecule has 1 atom stereocenters. The molecule has 7 nitrogen and oxygen atoms in total. The van der Waals surface area contributed by atoms with Gasteiger partial charge in [0.05, 0.1) is 25.5 Å². The summed E-state index contributed by atoms with van der Waals surface area (Å²) >= 11 is 1.57. The molecule has 0 fully saturated rings. The predicted octanol–water partition coefficient (Wildman–Crippen LogP) is 2.59. The molecular weight excluding hydrogens is 356 g/mol. The van der Waals surface area contributed by atoms with Crippen molar-refractivity contribution in [3.8, 4) is 11.5 Å². The van der Waals surface area contributed by atoms with E-state index in [9.17, 15) is 9.59 Å². The van der Waals surface area contributed by atoms with Gasteiger partial charge in [-0.3, -0.25) is 0 Å². The quantitative estimate of drug-likeness (QED) is 0.683. The molecule has 4 N–H and O–H groups in total. The van der Waals surface area contributed by atoms with Crippen molar-refractivity contribution in [3.05, 3.63) is 47.5 Å². The number of nitrogens with one attached hydrogen (secondary N) is 1. The SMILES string of the molecule is COc1cc2c(cc1OC)SC(N)N2.O=CCc1cccc(C(=O)O)c1. The van der Waals surface area contributed by atoms with Gasteiger partial charge in [-0.15, -0.1) is 0 Å². The number of methoxy groups -OCH3 is 2. The molecule has 26 heavy (non-hydrogen) atoms. The van der Waals surface area contributed by atoms with Crippen molar-refractivity contribution in [2.75, 3.05) is 19.5 Å². The normalized spacial score (nSPS) is 14.3. The van der Waals surface area contributed by atoms with Crippen LogP contribution >= 0.6 is 11.8 Å². The summed E-state index contributed by atoms with van der Waals surface area (Å²) in [6.45, 7) is 0. The molecule has 1 aliphatic heterocycles. The first kappa shape index (κ1) is 19.6. The number of thioether (sulfide) groups is 1. The Kier molecular flexibility index (Phi) is 6.88. The van der Waals surface area contributed by atoms with Gasteiger partial charge in [-0.2, -0.15) is 0 Å². The lowest BCUT2D eigenvalue weighted by molar-refractivity contribution is -0.107. The number of carboxylic acids is 1. The highest BCUT2D eigenvalue weighted by Crippen LogP contribution is 2.43. The number of fused-ring (bicyclic) bond motifs is 1. The Bertz CT molecular complexity index is 764. The highest BCUT2D eigenvalue weighted by Gasteiger charge is 2.20. The van der Waals surface area contributed by atoms with Crippen LogP contribution in [-0.2, 0) is 11.2 Å². The Labute approximate surface area is 155 Å². The first-order valence-electron chi connectivity index (χ1n) is 7.69. The van der Waals surface area contributed by atoms with Crippen LogP contribution in [0.15, 0.2) is 41.3 Å². The summed E-state index contributed by atoms with van der Waals surface area (Å²) in [6, 6.07) is 10.2. The van der Waals surface area contributed by atoms with Crippen LogP contribution in [0.25, 0.3) is 0 Å². The van der Waals surface area contributed by atoms with Crippen LogP contribution in [0.5, 0.6) is 11.5 Å². The van der Waals surface area contributed by atoms with Crippen molar-refractivity contribution in [2.45, 2.75) is 16.8 Å². The first-order valence-corrected chi connectivity index (χ1v) is 8.57. The van der Waals surface area contributed by atoms with E-state index in [1.165, 1.54) is 12.1 Å². The van der Waals surface area contributed by atoms with Crippen LogP contribution in [0.3, 0.4) is 0 Å². The number of carbonyl (C=O) groups excluding carboxylic acids is 1. The second-order valence-corrected chi connectivity index (χ2v) is 6.45. The van der Waals surface area contributed by atoms with Gasteiger partial charge in [0, 0.05) is 17.4 Å². The summed E-state index contributed by atoms with van der Waals surface area (Å²) in [5.74, 6) is 0.478. The highest BCUT2D eigenvalue weighted by molar-refractivity contribution is 8.00. The second kappa shape index (κ2) is 9.12. The van der Waals surface area contributed by atoms with E-state index in [-0.39, 0.29) is 17.5 Å². The molecule has 0 saturated carbocycles. The average molecular weight is 376 g/mol. The minimum absolute atomic E-state index is 0.0817. The molecule has 0 saturated heterocycles. The summed E-state index contributed by atoms with van der Waals surface area (Å²) in [5, 5.41) is 11.7. The van der Waals surface area contributed by atoms with Crippen LogP contribution in [0, 0.1) is 0 Å². The van der Waals surface area contributed by atoms with E-state index in [2.05, 4.69) is 5.32 Å². The zero-order valence-electron chi connectivity index (χ0n) is 14.4. The van der Waals surface area contributed by atoms with Crippen LogP contribution in [0.1, 0.15) is 15.9 Å². The van der Waals surface area contributed by atoms with Gasteiger partial charge in [0.2, 0.25) is 0 Å². The minimum atomic E-state index is -0.970. The van der Waals surface area contributed by atoms with Crippen LogP contribution in [0.4, 0.5) is 5.69 Å². The third kappa shape index (κ3) is 4.90. The average Bonchev–Trinajstić information content (AvgIpc) is 3.00. The number of hydrogen-bond acceptors (Lipinski definition) is 7. The van der Waals surface area contributed by atoms with Gasteiger partial charge in [-0.1, -0.05) is 23.9 Å². The third-order valence-corrected chi connectivity index (χ3v) is 4.49. The lowest BCUT2D eigenvalue weighted by Gasteiger charge is -2.09. The van der Waals surface area contributed by atoms with E-state index in [1.807, 2.05) is 12.1 Å². The number of hydrogen-bond donors (Lipinski definition) is 3. The second-order valence-electron chi connectivity index (χ2n) is 5.26. The van der Waals surface area contributed by atoms with E-state index < -0.39 is 5.97 Å². The van der Waals surface area contributed by atoms with E-state index in [0.717, 1.165) is 28.2 Å². The van der Waals surface area contributed by atoms with Gasteiger partial charge < -0.3 is 30.4 Å². The Morgan fingerprint density at radius 3 is 2.58 bits per heavy atom. The minimum Gasteiger partial charge on any atom is -0.493 e. The maximum atomic E-state index is 10.5. The van der Waals surface area contributed by atoms with Crippen molar-refractivity contribution in [3.63, 3.8) is 0 Å². The molecule has 0 aliphatic carbocycles.